The molecule has 1 aromatic rings. The molecule has 2 aliphatic rings. The van der Waals surface area contributed by atoms with Crippen LogP contribution in [0.5, 0.6) is 0 Å². The minimum atomic E-state index is -0.136. The molecule has 1 fully saturated rings. The molecule has 1 aromatic heterocycles. The molecule has 27 heavy (non-hydrogen) atoms. The zero-order chi connectivity index (χ0) is 19.6. The van der Waals surface area contributed by atoms with Crippen molar-refractivity contribution in [3.8, 4) is 0 Å². The van der Waals surface area contributed by atoms with Crippen molar-refractivity contribution in [3.63, 3.8) is 0 Å². The van der Waals surface area contributed by atoms with Gasteiger partial charge in [0.2, 0.25) is 5.91 Å². The number of esters is 1. The number of carbonyl (C=O) groups is 3. The number of fused-ring (bicyclic) bond motifs is 1. The second-order valence-electron chi connectivity index (χ2n) is 7.55. The highest BCUT2D eigenvalue weighted by Crippen LogP contribution is 2.34. The Hall–Kier alpha value is -1.89. The molecule has 148 valence electrons. The van der Waals surface area contributed by atoms with Gasteiger partial charge in [-0.25, -0.2) is 0 Å². The fourth-order valence-electron chi connectivity index (χ4n) is 3.91. The van der Waals surface area contributed by atoms with Crippen molar-refractivity contribution in [1.82, 2.24) is 9.80 Å². The molecule has 2 amide bonds. The van der Waals surface area contributed by atoms with E-state index in [0.717, 1.165) is 23.3 Å². The average Bonchev–Trinajstić information content (AvgIpc) is 3.10. The number of hydrogen-bond donors (Lipinski definition) is 0. The van der Waals surface area contributed by atoms with Crippen LogP contribution in [0.3, 0.4) is 0 Å². The summed E-state index contributed by atoms with van der Waals surface area (Å²) >= 11 is 1.56. The molecule has 3 rings (SSSR count). The molecule has 1 unspecified atom stereocenters. The number of thiophene rings is 1. The summed E-state index contributed by atoms with van der Waals surface area (Å²) in [6.45, 7) is 3.47. The summed E-state index contributed by atoms with van der Waals surface area (Å²) in [5, 5.41) is 0. The molecule has 0 spiro atoms. The quantitative estimate of drug-likeness (QED) is 0.738. The lowest BCUT2D eigenvalue weighted by atomic mass is 9.86. The highest BCUT2D eigenvalue weighted by molar-refractivity contribution is 7.14. The lowest BCUT2D eigenvalue weighted by Gasteiger charge is -2.34. The Morgan fingerprint density at radius 2 is 1.89 bits per heavy atom. The van der Waals surface area contributed by atoms with E-state index >= 15 is 0 Å². The van der Waals surface area contributed by atoms with Crippen molar-refractivity contribution in [2.24, 2.45) is 11.8 Å². The first-order valence-corrected chi connectivity index (χ1v) is 10.5. The van der Waals surface area contributed by atoms with Crippen LogP contribution >= 0.6 is 11.3 Å². The molecule has 1 saturated heterocycles. The number of carbonyl (C=O) groups excluding carboxylic acids is 3. The van der Waals surface area contributed by atoms with Gasteiger partial charge in [-0.15, -0.1) is 11.3 Å². The molecule has 6 nitrogen and oxygen atoms in total. The summed E-state index contributed by atoms with van der Waals surface area (Å²) in [6, 6.07) is 1.97. The number of amides is 2. The summed E-state index contributed by atoms with van der Waals surface area (Å²) in [5.41, 5.74) is 1.15. The maximum Gasteiger partial charge on any atom is 0.309 e. The van der Waals surface area contributed by atoms with E-state index in [-0.39, 0.29) is 29.6 Å². The fraction of sp³-hybridized carbons (Fsp3) is 0.650. The predicted molar refractivity (Wildman–Crippen MR) is 104 cm³/mol. The van der Waals surface area contributed by atoms with Gasteiger partial charge in [-0.3, -0.25) is 14.4 Å². The molecule has 0 radical (unpaired) electrons. The molecule has 1 aliphatic carbocycles. The van der Waals surface area contributed by atoms with E-state index in [1.165, 1.54) is 4.88 Å². The Labute approximate surface area is 164 Å². The predicted octanol–water partition coefficient (Wildman–Crippen LogP) is 2.36. The Balaban J connectivity index is 1.58. The second-order valence-corrected chi connectivity index (χ2v) is 8.69. The summed E-state index contributed by atoms with van der Waals surface area (Å²) in [6.07, 6.45) is 3.77. The molecule has 2 heterocycles. The van der Waals surface area contributed by atoms with Crippen LogP contribution < -0.4 is 0 Å². The van der Waals surface area contributed by atoms with E-state index < -0.39 is 0 Å². The molecule has 1 atom stereocenters. The van der Waals surface area contributed by atoms with Gasteiger partial charge < -0.3 is 14.5 Å². The van der Waals surface area contributed by atoms with Crippen molar-refractivity contribution >= 4 is 29.1 Å². The topological polar surface area (TPSA) is 66.9 Å². The summed E-state index contributed by atoms with van der Waals surface area (Å²) in [5.74, 6) is -0.0202. The molecule has 7 heteroatoms. The minimum Gasteiger partial charge on any atom is -0.466 e. The first-order chi connectivity index (χ1) is 12.9. The standard InChI is InChI=1S/C20H28N2O4S/c1-4-26-20(25)13-7-9-22(10-8-13)18(23)14-5-6-16-15(11-14)12-17(27-16)19(24)21(2)3/h12-14H,4-11H2,1-3H3. The van der Waals surface area contributed by atoms with E-state index in [1.54, 1.807) is 30.3 Å². The molecule has 0 N–H and O–H groups in total. The van der Waals surface area contributed by atoms with Crippen molar-refractivity contribution in [3.05, 3.63) is 21.4 Å². The smallest absolute Gasteiger partial charge is 0.309 e. The van der Waals surface area contributed by atoms with Crippen molar-refractivity contribution < 1.29 is 19.1 Å². The van der Waals surface area contributed by atoms with Gasteiger partial charge in [0, 0.05) is 38.0 Å². The number of hydrogen-bond acceptors (Lipinski definition) is 5. The zero-order valence-electron chi connectivity index (χ0n) is 16.3. The van der Waals surface area contributed by atoms with Crippen LogP contribution in [0.25, 0.3) is 0 Å². The Kier molecular flexibility index (Phi) is 6.19. The minimum absolute atomic E-state index is 0.0199. The van der Waals surface area contributed by atoms with E-state index in [0.29, 0.717) is 39.0 Å². The molecule has 0 saturated carbocycles. The van der Waals surface area contributed by atoms with Gasteiger partial charge in [-0.2, -0.15) is 0 Å². The SMILES string of the molecule is CCOC(=O)C1CCN(C(=O)C2CCc3sc(C(=O)N(C)C)cc3C2)CC1. The van der Waals surface area contributed by atoms with E-state index in [1.807, 2.05) is 17.9 Å². The highest BCUT2D eigenvalue weighted by atomic mass is 32.1. The van der Waals surface area contributed by atoms with Gasteiger partial charge in [-0.05, 0) is 50.7 Å². The molecular weight excluding hydrogens is 364 g/mol. The molecule has 1 aliphatic heterocycles. The maximum absolute atomic E-state index is 13.0. The molecular formula is C20H28N2O4S. The van der Waals surface area contributed by atoms with Crippen LogP contribution in [0, 0.1) is 11.8 Å². The number of aryl methyl sites for hydroxylation is 1. The summed E-state index contributed by atoms with van der Waals surface area (Å²) in [4.78, 5) is 42.5. The van der Waals surface area contributed by atoms with Crippen molar-refractivity contribution in [2.75, 3.05) is 33.8 Å². The number of likely N-dealkylation sites (tertiary alicyclic amines) is 1. The third kappa shape index (κ3) is 4.34. The Morgan fingerprint density at radius 1 is 1.19 bits per heavy atom. The van der Waals surface area contributed by atoms with Crippen LogP contribution in [-0.4, -0.2) is 61.4 Å². The lowest BCUT2D eigenvalue weighted by Crippen LogP contribution is -2.44. The Morgan fingerprint density at radius 3 is 2.52 bits per heavy atom. The van der Waals surface area contributed by atoms with Crippen molar-refractivity contribution in [1.29, 1.82) is 0 Å². The fourth-order valence-corrected chi connectivity index (χ4v) is 5.14. The largest absolute Gasteiger partial charge is 0.466 e. The van der Waals surface area contributed by atoms with Crippen LogP contribution in [0.15, 0.2) is 6.07 Å². The first-order valence-electron chi connectivity index (χ1n) is 9.69. The maximum atomic E-state index is 13.0. The number of nitrogens with zero attached hydrogens (tertiary/aromatic N) is 2. The Bertz CT molecular complexity index is 720. The van der Waals surface area contributed by atoms with Gasteiger partial charge in [0.1, 0.15) is 0 Å². The molecule has 0 aromatic carbocycles. The van der Waals surface area contributed by atoms with E-state index in [9.17, 15) is 14.4 Å². The van der Waals surface area contributed by atoms with Gasteiger partial charge in [-0.1, -0.05) is 0 Å². The van der Waals surface area contributed by atoms with Crippen LogP contribution in [0.4, 0.5) is 0 Å². The number of rotatable bonds is 4. The third-order valence-corrected chi connectivity index (χ3v) is 6.70. The van der Waals surface area contributed by atoms with E-state index in [2.05, 4.69) is 0 Å². The molecule has 0 bridgehead atoms. The van der Waals surface area contributed by atoms with Crippen LogP contribution in [0.1, 0.15) is 46.3 Å². The van der Waals surface area contributed by atoms with Crippen LogP contribution in [0.2, 0.25) is 0 Å². The van der Waals surface area contributed by atoms with Gasteiger partial charge in [0.25, 0.3) is 5.91 Å². The monoisotopic (exact) mass is 392 g/mol. The van der Waals surface area contributed by atoms with E-state index in [4.69, 9.17) is 4.74 Å². The third-order valence-electron chi connectivity index (χ3n) is 5.48. The van der Waals surface area contributed by atoms with Gasteiger partial charge in [0.15, 0.2) is 0 Å². The summed E-state index contributed by atoms with van der Waals surface area (Å²) in [7, 11) is 3.51. The lowest BCUT2D eigenvalue weighted by molar-refractivity contribution is -0.151. The highest BCUT2D eigenvalue weighted by Gasteiger charge is 2.34. The van der Waals surface area contributed by atoms with Gasteiger partial charge >= 0.3 is 5.97 Å². The van der Waals surface area contributed by atoms with Crippen LogP contribution in [-0.2, 0) is 27.2 Å². The number of ether oxygens (including phenoxy) is 1. The number of piperidine rings is 1. The zero-order valence-corrected chi connectivity index (χ0v) is 17.1. The second kappa shape index (κ2) is 8.42. The van der Waals surface area contributed by atoms with Crippen molar-refractivity contribution in [2.45, 2.75) is 39.0 Å². The average molecular weight is 393 g/mol. The normalized spacial score (nSPS) is 20.1. The van der Waals surface area contributed by atoms with Gasteiger partial charge in [0.05, 0.1) is 17.4 Å². The first kappa shape index (κ1) is 19.9. The summed E-state index contributed by atoms with van der Waals surface area (Å²) < 4.78 is 5.10.